The van der Waals surface area contributed by atoms with Gasteiger partial charge in [-0.05, 0) is 32.8 Å². The molecule has 3 N–H and O–H groups in total. The monoisotopic (exact) mass is 212 g/mol. The lowest BCUT2D eigenvalue weighted by Crippen LogP contribution is -2.42. The fourth-order valence-electron chi connectivity index (χ4n) is 1.37. The first kappa shape index (κ1) is 12.0. The molecule has 15 heavy (non-hydrogen) atoms. The maximum Gasteiger partial charge on any atom is 0.224 e. The average Bonchev–Trinajstić information content (AvgIpc) is 2.19. The van der Waals surface area contributed by atoms with Crippen LogP contribution in [0.4, 0.5) is 0 Å². The highest BCUT2D eigenvalue weighted by atomic mass is 16.5. The summed E-state index contributed by atoms with van der Waals surface area (Å²) in [5, 5.41) is 3.22. The first-order valence-electron chi connectivity index (χ1n) is 5.33. The molecule has 1 aliphatic heterocycles. The molecular weight excluding hydrogens is 192 g/mol. The average molecular weight is 212 g/mol. The summed E-state index contributed by atoms with van der Waals surface area (Å²) in [4.78, 5) is 11.0. The first-order valence-corrected chi connectivity index (χ1v) is 5.33. The van der Waals surface area contributed by atoms with Gasteiger partial charge >= 0.3 is 0 Å². The highest BCUT2D eigenvalue weighted by Gasteiger charge is 2.24. The Morgan fingerprint density at radius 3 is 2.93 bits per heavy atom. The van der Waals surface area contributed by atoms with Gasteiger partial charge in [-0.2, -0.15) is 0 Å². The summed E-state index contributed by atoms with van der Waals surface area (Å²) in [5.41, 5.74) is 4.77. The smallest absolute Gasteiger partial charge is 0.224 e. The van der Waals surface area contributed by atoms with Crippen LogP contribution in [0, 0.1) is 5.41 Å². The van der Waals surface area contributed by atoms with E-state index in [1.165, 1.54) is 0 Å². The lowest BCUT2D eigenvalue weighted by molar-refractivity contribution is -0.125. The van der Waals surface area contributed by atoms with Gasteiger partial charge < -0.3 is 15.8 Å². The molecule has 0 saturated carbocycles. The number of primary amides is 1. The Morgan fingerprint density at radius 2 is 2.40 bits per heavy atom. The van der Waals surface area contributed by atoms with Gasteiger partial charge in [0.15, 0.2) is 0 Å². The van der Waals surface area contributed by atoms with Gasteiger partial charge in [0, 0.05) is 13.1 Å². The van der Waals surface area contributed by atoms with Gasteiger partial charge in [-0.1, -0.05) is 0 Å². The Morgan fingerprint density at radius 1 is 1.67 bits per heavy atom. The molecule has 0 aliphatic carbocycles. The molecule has 4 heteroatoms. The molecule has 1 atom stereocenters. The molecule has 0 radical (unpaired) electrons. The van der Waals surface area contributed by atoms with Gasteiger partial charge in [-0.25, -0.2) is 0 Å². The molecule has 4 nitrogen and oxygen atoms in total. The van der Waals surface area contributed by atoms with E-state index in [0.29, 0.717) is 6.54 Å². The summed E-state index contributed by atoms with van der Waals surface area (Å²) < 4.78 is 5.39. The van der Waals surface area contributed by atoms with Gasteiger partial charge in [-0.15, -0.1) is 0 Å². The van der Waals surface area contributed by atoms with Crippen LogP contribution in [0.15, 0.2) is 12.3 Å². The molecule has 0 saturated heterocycles. The van der Waals surface area contributed by atoms with E-state index in [-0.39, 0.29) is 12.0 Å². The van der Waals surface area contributed by atoms with E-state index in [9.17, 15) is 4.79 Å². The van der Waals surface area contributed by atoms with E-state index in [4.69, 9.17) is 10.5 Å². The number of amides is 1. The second kappa shape index (κ2) is 5.16. The Bertz CT molecular complexity index is 249. The van der Waals surface area contributed by atoms with Crippen LogP contribution >= 0.6 is 0 Å². The fourth-order valence-corrected chi connectivity index (χ4v) is 1.37. The van der Waals surface area contributed by atoms with Gasteiger partial charge in [0.25, 0.3) is 0 Å². The summed E-state index contributed by atoms with van der Waals surface area (Å²) in [5.74, 6) is -0.278. The Labute approximate surface area is 90.9 Å². The largest absolute Gasteiger partial charge is 0.497 e. The third-order valence-electron chi connectivity index (χ3n) is 2.63. The second-order valence-electron chi connectivity index (χ2n) is 4.59. The van der Waals surface area contributed by atoms with Crippen LogP contribution in [-0.4, -0.2) is 25.1 Å². The van der Waals surface area contributed by atoms with Crippen molar-refractivity contribution < 1.29 is 9.53 Å². The van der Waals surface area contributed by atoms with Crippen molar-refractivity contribution in [3.05, 3.63) is 12.3 Å². The van der Waals surface area contributed by atoms with Crippen molar-refractivity contribution in [3.8, 4) is 0 Å². The number of nitrogens with one attached hydrogen (secondary N) is 1. The Kier molecular flexibility index (Phi) is 4.15. The zero-order chi connectivity index (χ0) is 11.3. The quantitative estimate of drug-likeness (QED) is 0.708. The fraction of sp³-hybridized carbons (Fsp3) is 0.727. The Hall–Kier alpha value is -1.03. The van der Waals surface area contributed by atoms with Gasteiger partial charge in [0.2, 0.25) is 5.91 Å². The molecule has 1 amide bonds. The predicted molar refractivity (Wildman–Crippen MR) is 59.1 cm³/mol. The molecule has 1 heterocycles. The van der Waals surface area contributed by atoms with Crippen molar-refractivity contribution in [1.82, 2.24) is 5.32 Å². The van der Waals surface area contributed by atoms with Crippen LogP contribution in [0.3, 0.4) is 0 Å². The summed E-state index contributed by atoms with van der Waals surface area (Å²) in [7, 11) is 0. The third kappa shape index (κ3) is 3.91. The minimum absolute atomic E-state index is 0.221. The second-order valence-corrected chi connectivity index (χ2v) is 4.59. The van der Waals surface area contributed by atoms with E-state index in [2.05, 4.69) is 5.32 Å². The number of hydrogen-bond acceptors (Lipinski definition) is 3. The summed E-state index contributed by atoms with van der Waals surface area (Å²) in [6, 6.07) is 0. The summed E-state index contributed by atoms with van der Waals surface area (Å²) >= 11 is 0. The highest BCUT2D eigenvalue weighted by molar-refractivity contribution is 5.80. The first-order chi connectivity index (χ1) is 7.02. The molecule has 0 aromatic rings. The zero-order valence-electron chi connectivity index (χ0n) is 9.45. The minimum Gasteiger partial charge on any atom is -0.497 e. The lowest BCUT2D eigenvalue weighted by Gasteiger charge is -2.24. The van der Waals surface area contributed by atoms with E-state index in [0.717, 1.165) is 19.4 Å². The molecule has 1 aliphatic rings. The minimum atomic E-state index is -0.496. The number of carbonyl (C=O) groups excluding carboxylic acids is 1. The van der Waals surface area contributed by atoms with Crippen molar-refractivity contribution in [2.45, 2.75) is 32.8 Å². The van der Waals surface area contributed by atoms with E-state index in [1.807, 2.05) is 19.9 Å². The van der Waals surface area contributed by atoms with E-state index >= 15 is 0 Å². The molecule has 1 rings (SSSR count). The van der Waals surface area contributed by atoms with Crippen LogP contribution in [0.1, 0.15) is 26.7 Å². The van der Waals surface area contributed by atoms with Crippen LogP contribution in [0.5, 0.6) is 0 Å². The van der Waals surface area contributed by atoms with Crippen LogP contribution in [0.25, 0.3) is 0 Å². The number of allylic oxidation sites excluding steroid dienone is 1. The molecule has 0 aromatic heterocycles. The number of hydrogen-bond donors (Lipinski definition) is 2. The molecule has 1 unspecified atom stereocenters. The van der Waals surface area contributed by atoms with E-state index < -0.39 is 5.41 Å². The normalized spacial score (nSPS) is 21.1. The number of rotatable bonds is 5. The van der Waals surface area contributed by atoms with Gasteiger partial charge in [0.1, 0.15) is 6.10 Å². The zero-order valence-corrected chi connectivity index (χ0v) is 9.45. The summed E-state index contributed by atoms with van der Waals surface area (Å²) in [6.45, 7) is 5.03. The topological polar surface area (TPSA) is 64.3 Å². The Balaban J connectivity index is 2.21. The van der Waals surface area contributed by atoms with Crippen LogP contribution in [0.2, 0.25) is 0 Å². The lowest BCUT2D eigenvalue weighted by atomic mass is 9.93. The maximum atomic E-state index is 11.0. The van der Waals surface area contributed by atoms with Crippen molar-refractivity contribution in [2.75, 3.05) is 13.1 Å². The number of carbonyl (C=O) groups is 1. The van der Waals surface area contributed by atoms with E-state index in [1.54, 1.807) is 6.26 Å². The maximum absolute atomic E-state index is 11.0. The van der Waals surface area contributed by atoms with Crippen LogP contribution in [-0.2, 0) is 9.53 Å². The van der Waals surface area contributed by atoms with Crippen molar-refractivity contribution in [3.63, 3.8) is 0 Å². The molecule has 0 aromatic carbocycles. The predicted octanol–water partition coefficient (Wildman–Crippen LogP) is 0.780. The molecule has 86 valence electrons. The van der Waals surface area contributed by atoms with Crippen molar-refractivity contribution >= 4 is 5.91 Å². The highest BCUT2D eigenvalue weighted by Crippen LogP contribution is 2.13. The molecule has 0 spiro atoms. The molecule has 0 bridgehead atoms. The number of ether oxygens (including phenoxy) is 1. The molecule has 0 fully saturated rings. The van der Waals surface area contributed by atoms with Gasteiger partial charge in [0.05, 0.1) is 11.7 Å². The van der Waals surface area contributed by atoms with Crippen molar-refractivity contribution in [1.29, 1.82) is 0 Å². The summed E-state index contributed by atoms with van der Waals surface area (Å²) in [6.07, 6.45) is 6.07. The third-order valence-corrected chi connectivity index (χ3v) is 2.63. The van der Waals surface area contributed by atoms with Gasteiger partial charge in [-0.3, -0.25) is 4.79 Å². The number of nitrogens with two attached hydrogens (primary N) is 1. The van der Waals surface area contributed by atoms with Crippen LogP contribution < -0.4 is 11.1 Å². The molecular formula is C11H20N2O2. The standard InChI is InChI=1S/C11H20N2O2/c1-11(2,10(12)14)8-13-7-9-5-3-4-6-15-9/h4,6,9,13H,3,5,7-8H2,1-2H3,(H2,12,14). The SMILES string of the molecule is CC(C)(CNCC1CCC=CO1)C(N)=O. The van der Waals surface area contributed by atoms with Crippen molar-refractivity contribution in [2.24, 2.45) is 11.1 Å².